The van der Waals surface area contributed by atoms with Crippen LogP contribution in [0.25, 0.3) is 0 Å². The standard InChI is InChI=1S/C13H15BrN6O3S/c1-7(15)12(21)19-11-10(14)6-17-13(20-11)18-8-2-4-9(5-3-8)24(16,22)23/h2-7H,15H2,1H3,(H2,16,22,23)(H2,17,18,19,20,21)/t7-/m0/s1. The number of benzene rings is 1. The minimum atomic E-state index is -3.75. The van der Waals surface area contributed by atoms with Gasteiger partial charge >= 0.3 is 0 Å². The largest absolute Gasteiger partial charge is 0.324 e. The highest BCUT2D eigenvalue weighted by atomic mass is 79.9. The molecular weight excluding hydrogens is 400 g/mol. The summed E-state index contributed by atoms with van der Waals surface area (Å²) in [6.07, 6.45) is 1.46. The predicted molar refractivity (Wildman–Crippen MR) is 93.1 cm³/mol. The molecule has 1 heterocycles. The lowest BCUT2D eigenvalue weighted by Gasteiger charge is -2.11. The van der Waals surface area contributed by atoms with Gasteiger partial charge < -0.3 is 16.4 Å². The molecule has 0 bridgehead atoms. The topological polar surface area (TPSA) is 153 Å². The van der Waals surface area contributed by atoms with E-state index < -0.39 is 22.0 Å². The number of carbonyl (C=O) groups excluding carboxylic acids is 1. The Morgan fingerprint density at radius 3 is 2.46 bits per heavy atom. The Bertz CT molecular complexity index is 855. The average Bonchev–Trinajstić information content (AvgIpc) is 2.50. The molecule has 1 amide bonds. The number of amides is 1. The quantitative estimate of drug-likeness (QED) is 0.566. The van der Waals surface area contributed by atoms with Gasteiger partial charge in [0.1, 0.15) is 0 Å². The molecule has 2 rings (SSSR count). The smallest absolute Gasteiger partial charge is 0.242 e. The van der Waals surface area contributed by atoms with Crippen molar-refractivity contribution in [2.24, 2.45) is 10.9 Å². The number of halogens is 1. The molecule has 0 aliphatic carbocycles. The molecule has 1 aromatic carbocycles. The number of primary sulfonamides is 1. The third-order valence-corrected chi connectivity index (χ3v) is 4.35. The molecule has 1 aromatic heterocycles. The molecule has 1 atom stereocenters. The van der Waals surface area contributed by atoms with Crippen molar-refractivity contribution >= 4 is 49.3 Å². The number of hydrogen-bond acceptors (Lipinski definition) is 7. The molecule has 0 spiro atoms. The van der Waals surface area contributed by atoms with E-state index in [1.807, 2.05) is 0 Å². The number of nitrogens with two attached hydrogens (primary N) is 2. The van der Waals surface area contributed by atoms with Crippen LogP contribution in [0, 0.1) is 0 Å². The van der Waals surface area contributed by atoms with E-state index in [1.165, 1.54) is 30.5 Å². The number of anilines is 3. The molecule has 11 heteroatoms. The minimum Gasteiger partial charge on any atom is -0.324 e. The van der Waals surface area contributed by atoms with Crippen molar-refractivity contribution in [3.63, 3.8) is 0 Å². The van der Waals surface area contributed by atoms with Gasteiger partial charge in [-0.05, 0) is 47.1 Å². The molecular formula is C13H15BrN6O3S. The molecule has 128 valence electrons. The number of hydrogen-bond donors (Lipinski definition) is 4. The van der Waals surface area contributed by atoms with E-state index in [0.717, 1.165) is 0 Å². The lowest BCUT2D eigenvalue weighted by atomic mass is 10.3. The van der Waals surface area contributed by atoms with Crippen LogP contribution < -0.4 is 21.5 Å². The minimum absolute atomic E-state index is 0.00494. The maximum Gasteiger partial charge on any atom is 0.242 e. The van der Waals surface area contributed by atoms with Gasteiger partial charge in [-0.1, -0.05) is 0 Å². The second-order valence-electron chi connectivity index (χ2n) is 4.86. The summed E-state index contributed by atoms with van der Waals surface area (Å²) in [6, 6.07) is 5.07. The van der Waals surface area contributed by atoms with E-state index in [4.69, 9.17) is 10.9 Å². The van der Waals surface area contributed by atoms with Crippen LogP contribution in [-0.4, -0.2) is 30.3 Å². The van der Waals surface area contributed by atoms with Crippen LogP contribution in [0.4, 0.5) is 17.5 Å². The number of nitrogens with zero attached hydrogens (tertiary/aromatic N) is 2. The summed E-state index contributed by atoms with van der Waals surface area (Å²) in [5.41, 5.74) is 6.05. The van der Waals surface area contributed by atoms with Crippen molar-refractivity contribution in [3.05, 3.63) is 34.9 Å². The molecule has 0 radical (unpaired) electrons. The third kappa shape index (κ3) is 4.71. The lowest BCUT2D eigenvalue weighted by Crippen LogP contribution is -2.33. The second-order valence-corrected chi connectivity index (χ2v) is 7.28. The van der Waals surface area contributed by atoms with E-state index in [1.54, 1.807) is 6.92 Å². The van der Waals surface area contributed by atoms with Crippen LogP contribution in [0.15, 0.2) is 39.8 Å². The van der Waals surface area contributed by atoms with Crippen LogP contribution in [0.5, 0.6) is 0 Å². The Labute approximate surface area is 147 Å². The summed E-state index contributed by atoms with van der Waals surface area (Å²) in [6.45, 7) is 1.55. The number of sulfonamides is 1. The van der Waals surface area contributed by atoms with Crippen LogP contribution in [0.3, 0.4) is 0 Å². The summed E-state index contributed by atoms with van der Waals surface area (Å²) in [5, 5.41) is 10.5. The first kappa shape index (κ1) is 18.3. The third-order valence-electron chi connectivity index (χ3n) is 2.84. The van der Waals surface area contributed by atoms with E-state index in [9.17, 15) is 13.2 Å². The molecule has 6 N–H and O–H groups in total. The van der Waals surface area contributed by atoms with Crippen molar-refractivity contribution in [1.82, 2.24) is 9.97 Å². The van der Waals surface area contributed by atoms with E-state index in [2.05, 4.69) is 36.5 Å². The highest BCUT2D eigenvalue weighted by Gasteiger charge is 2.13. The summed E-state index contributed by atoms with van der Waals surface area (Å²) >= 11 is 3.24. The van der Waals surface area contributed by atoms with Gasteiger partial charge in [0, 0.05) is 11.9 Å². The Morgan fingerprint density at radius 1 is 1.29 bits per heavy atom. The van der Waals surface area contributed by atoms with Crippen molar-refractivity contribution in [2.45, 2.75) is 17.9 Å². The molecule has 9 nitrogen and oxygen atoms in total. The van der Waals surface area contributed by atoms with Gasteiger partial charge in [0.05, 0.1) is 15.4 Å². The molecule has 0 saturated heterocycles. The maximum atomic E-state index is 11.7. The fourth-order valence-corrected chi connectivity index (χ4v) is 2.41. The fourth-order valence-electron chi connectivity index (χ4n) is 1.60. The fraction of sp³-hybridized carbons (Fsp3) is 0.154. The van der Waals surface area contributed by atoms with Gasteiger partial charge in [0.25, 0.3) is 0 Å². The van der Waals surface area contributed by atoms with Gasteiger partial charge in [-0.15, -0.1) is 0 Å². The van der Waals surface area contributed by atoms with Crippen molar-refractivity contribution < 1.29 is 13.2 Å². The van der Waals surface area contributed by atoms with Crippen LogP contribution in [0.1, 0.15) is 6.92 Å². The van der Waals surface area contributed by atoms with Crippen molar-refractivity contribution in [3.8, 4) is 0 Å². The van der Waals surface area contributed by atoms with Gasteiger partial charge in [-0.2, -0.15) is 4.98 Å². The number of aromatic nitrogens is 2. The zero-order valence-electron chi connectivity index (χ0n) is 12.5. The molecule has 0 saturated carbocycles. The average molecular weight is 415 g/mol. The summed E-state index contributed by atoms with van der Waals surface area (Å²) in [7, 11) is -3.75. The van der Waals surface area contributed by atoms with Gasteiger partial charge in [-0.25, -0.2) is 18.5 Å². The highest BCUT2D eigenvalue weighted by Crippen LogP contribution is 2.22. The monoisotopic (exact) mass is 414 g/mol. The van der Waals surface area contributed by atoms with Crippen LogP contribution >= 0.6 is 15.9 Å². The molecule has 24 heavy (non-hydrogen) atoms. The number of carbonyl (C=O) groups is 1. The summed E-state index contributed by atoms with van der Waals surface area (Å²) < 4.78 is 22.9. The van der Waals surface area contributed by atoms with Crippen LogP contribution in [-0.2, 0) is 14.8 Å². The first-order chi connectivity index (χ1) is 11.2. The molecule has 0 aliphatic rings. The van der Waals surface area contributed by atoms with Gasteiger partial charge in [-0.3, -0.25) is 4.79 Å². The van der Waals surface area contributed by atoms with Crippen molar-refractivity contribution in [1.29, 1.82) is 0 Å². The zero-order valence-corrected chi connectivity index (χ0v) is 14.9. The molecule has 0 unspecified atom stereocenters. The normalized spacial score (nSPS) is 12.5. The van der Waals surface area contributed by atoms with E-state index in [-0.39, 0.29) is 16.7 Å². The predicted octanol–water partition coefficient (Wildman–Crippen LogP) is 0.916. The Morgan fingerprint density at radius 2 is 1.92 bits per heavy atom. The van der Waals surface area contributed by atoms with Crippen LogP contribution in [0.2, 0.25) is 0 Å². The molecule has 2 aromatic rings. The van der Waals surface area contributed by atoms with Crippen molar-refractivity contribution in [2.75, 3.05) is 10.6 Å². The Balaban J connectivity index is 2.20. The van der Waals surface area contributed by atoms with E-state index in [0.29, 0.717) is 10.2 Å². The van der Waals surface area contributed by atoms with E-state index >= 15 is 0 Å². The zero-order chi connectivity index (χ0) is 17.9. The first-order valence-electron chi connectivity index (χ1n) is 6.65. The Kier molecular flexibility index (Phi) is 5.49. The SMILES string of the molecule is C[C@H](N)C(=O)Nc1nc(Nc2ccc(S(N)(=O)=O)cc2)ncc1Br. The summed E-state index contributed by atoms with van der Waals surface area (Å²) in [4.78, 5) is 19.9. The van der Waals surface area contributed by atoms with Gasteiger partial charge in [0.15, 0.2) is 5.82 Å². The maximum absolute atomic E-state index is 11.7. The number of nitrogens with one attached hydrogen (secondary N) is 2. The second kappa shape index (κ2) is 7.21. The Hall–Kier alpha value is -2.08. The first-order valence-corrected chi connectivity index (χ1v) is 8.99. The molecule has 0 aliphatic heterocycles. The van der Waals surface area contributed by atoms with Gasteiger partial charge in [0.2, 0.25) is 21.9 Å². The molecule has 0 fully saturated rings. The number of rotatable bonds is 5. The highest BCUT2D eigenvalue weighted by molar-refractivity contribution is 9.10. The lowest BCUT2D eigenvalue weighted by molar-refractivity contribution is -0.117. The summed E-state index contributed by atoms with van der Waals surface area (Å²) in [5.74, 6) is 0.0790.